The molecule has 2 rings (SSSR count). The zero-order chi connectivity index (χ0) is 21.2. The van der Waals surface area contributed by atoms with Crippen LogP contribution in [0.2, 0.25) is 0 Å². The molecule has 0 bridgehead atoms. The molecule has 2 aromatic carbocycles. The van der Waals surface area contributed by atoms with Gasteiger partial charge in [0.25, 0.3) is 0 Å². The molecule has 0 fully saturated rings. The van der Waals surface area contributed by atoms with Gasteiger partial charge in [-0.3, -0.25) is 4.99 Å². The summed E-state index contributed by atoms with van der Waals surface area (Å²) in [6.45, 7) is 5.43. The van der Waals surface area contributed by atoms with E-state index >= 15 is 0 Å². The molecular weight excluding hydrogens is 497 g/mol. The van der Waals surface area contributed by atoms with E-state index in [0.29, 0.717) is 29.8 Å². The minimum absolute atomic E-state index is 0. The number of nitrogens with one attached hydrogen (secondary N) is 2. The van der Waals surface area contributed by atoms with E-state index in [1.807, 2.05) is 26.0 Å². The number of methoxy groups -OCH3 is 4. The Morgan fingerprint density at radius 2 is 1.53 bits per heavy atom. The molecule has 0 heterocycles. The van der Waals surface area contributed by atoms with E-state index < -0.39 is 0 Å². The summed E-state index contributed by atoms with van der Waals surface area (Å²) >= 11 is 0. The van der Waals surface area contributed by atoms with Crippen LogP contribution < -0.4 is 29.6 Å². The summed E-state index contributed by atoms with van der Waals surface area (Å²) in [4.78, 5) is 4.68. The number of anilines is 1. The second kappa shape index (κ2) is 13.0. The van der Waals surface area contributed by atoms with Gasteiger partial charge in [-0.1, -0.05) is 12.1 Å². The standard InChI is InChI=1S/C22H31N3O4.HI/c1-7-23-22(24-11-10-16-9-8-15(2)18(12-16)26-3)25-17-13-19(27-4)21(29-6)20(14-17)28-5;/h8-9,12-14H,7,10-11H2,1-6H3,(H2,23,24,25);1H. The molecule has 0 aliphatic heterocycles. The molecular formula is C22H32IN3O4. The fraction of sp³-hybridized carbons (Fsp3) is 0.409. The monoisotopic (exact) mass is 529 g/mol. The molecule has 0 aliphatic carbocycles. The van der Waals surface area contributed by atoms with Gasteiger partial charge in [-0.25, -0.2) is 0 Å². The van der Waals surface area contributed by atoms with Crippen molar-refractivity contribution in [3.63, 3.8) is 0 Å². The van der Waals surface area contributed by atoms with Crippen molar-refractivity contribution in [1.29, 1.82) is 0 Å². The first kappa shape index (κ1) is 25.7. The number of aliphatic imine (C=N–C) groups is 1. The van der Waals surface area contributed by atoms with Crippen LogP contribution >= 0.6 is 24.0 Å². The maximum absolute atomic E-state index is 5.41. The summed E-state index contributed by atoms with van der Waals surface area (Å²) in [6, 6.07) is 9.92. The van der Waals surface area contributed by atoms with Gasteiger partial charge in [-0.05, 0) is 37.5 Å². The summed E-state index contributed by atoms with van der Waals surface area (Å²) in [6.07, 6.45) is 0.808. The van der Waals surface area contributed by atoms with Crippen LogP contribution in [0.25, 0.3) is 0 Å². The number of aryl methyl sites for hydroxylation is 1. The molecule has 0 aliphatic rings. The van der Waals surface area contributed by atoms with Crippen molar-refractivity contribution in [2.45, 2.75) is 20.3 Å². The first-order valence-electron chi connectivity index (χ1n) is 9.55. The summed E-state index contributed by atoms with van der Waals surface area (Å²) in [7, 11) is 6.46. The highest BCUT2D eigenvalue weighted by Crippen LogP contribution is 2.39. The Morgan fingerprint density at radius 3 is 2.07 bits per heavy atom. The third-order valence-corrected chi connectivity index (χ3v) is 4.41. The van der Waals surface area contributed by atoms with Gasteiger partial charge in [0.2, 0.25) is 5.75 Å². The van der Waals surface area contributed by atoms with Crippen molar-refractivity contribution >= 4 is 35.6 Å². The smallest absolute Gasteiger partial charge is 0.203 e. The van der Waals surface area contributed by atoms with Crippen molar-refractivity contribution in [2.24, 2.45) is 4.99 Å². The van der Waals surface area contributed by atoms with Crippen molar-refractivity contribution < 1.29 is 18.9 Å². The van der Waals surface area contributed by atoms with Crippen LogP contribution in [0.1, 0.15) is 18.1 Å². The van der Waals surface area contributed by atoms with Crippen LogP contribution in [0.15, 0.2) is 35.3 Å². The lowest BCUT2D eigenvalue weighted by Crippen LogP contribution is -2.31. The van der Waals surface area contributed by atoms with Gasteiger partial charge in [-0.15, -0.1) is 24.0 Å². The lowest BCUT2D eigenvalue weighted by Gasteiger charge is -2.16. The average molecular weight is 529 g/mol. The molecule has 0 atom stereocenters. The minimum Gasteiger partial charge on any atom is -0.496 e. The fourth-order valence-electron chi connectivity index (χ4n) is 2.91. The number of guanidine groups is 1. The van der Waals surface area contributed by atoms with E-state index in [-0.39, 0.29) is 24.0 Å². The van der Waals surface area contributed by atoms with Crippen LogP contribution in [-0.4, -0.2) is 47.5 Å². The Morgan fingerprint density at radius 1 is 0.900 bits per heavy atom. The van der Waals surface area contributed by atoms with Crippen LogP contribution in [0, 0.1) is 6.92 Å². The second-order valence-electron chi connectivity index (χ2n) is 6.35. The predicted molar refractivity (Wildman–Crippen MR) is 133 cm³/mol. The molecule has 0 saturated heterocycles. The lowest BCUT2D eigenvalue weighted by atomic mass is 10.1. The number of rotatable bonds is 9. The summed E-state index contributed by atoms with van der Waals surface area (Å²) in [5.74, 6) is 3.29. The maximum atomic E-state index is 5.41. The van der Waals surface area contributed by atoms with E-state index in [0.717, 1.165) is 30.0 Å². The molecule has 0 amide bonds. The van der Waals surface area contributed by atoms with Gasteiger partial charge in [0, 0.05) is 30.9 Å². The highest BCUT2D eigenvalue weighted by Gasteiger charge is 2.14. The molecule has 7 nitrogen and oxygen atoms in total. The van der Waals surface area contributed by atoms with Gasteiger partial charge < -0.3 is 29.6 Å². The largest absolute Gasteiger partial charge is 0.496 e. The average Bonchev–Trinajstić information content (AvgIpc) is 2.74. The van der Waals surface area contributed by atoms with E-state index in [1.54, 1.807) is 28.4 Å². The number of benzene rings is 2. The van der Waals surface area contributed by atoms with Crippen LogP contribution in [0.4, 0.5) is 5.69 Å². The van der Waals surface area contributed by atoms with Gasteiger partial charge in [-0.2, -0.15) is 0 Å². The summed E-state index contributed by atoms with van der Waals surface area (Å²) < 4.78 is 21.6. The SMILES string of the molecule is CCNC(=NCCc1ccc(C)c(OC)c1)Nc1cc(OC)c(OC)c(OC)c1.I. The molecule has 8 heteroatoms. The molecule has 0 unspecified atom stereocenters. The third kappa shape index (κ3) is 6.86. The zero-order valence-electron chi connectivity index (χ0n) is 18.5. The first-order chi connectivity index (χ1) is 14.1. The van der Waals surface area contributed by atoms with Crippen molar-refractivity contribution in [3.8, 4) is 23.0 Å². The topological polar surface area (TPSA) is 73.3 Å². The molecule has 166 valence electrons. The van der Waals surface area contributed by atoms with Crippen LogP contribution in [0.3, 0.4) is 0 Å². The Hall–Kier alpha value is -2.36. The Labute approximate surface area is 196 Å². The Kier molecular flexibility index (Phi) is 11.2. The van der Waals surface area contributed by atoms with Gasteiger partial charge in [0.15, 0.2) is 17.5 Å². The Balaban J connectivity index is 0.00000450. The summed E-state index contributed by atoms with van der Waals surface area (Å²) in [5, 5.41) is 6.55. The highest BCUT2D eigenvalue weighted by molar-refractivity contribution is 14.0. The first-order valence-corrected chi connectivity index (χ1v) is 9.55. The molecule has 0 aromatic heterocycles. The predicted octanol–water partition coefficient (Wildman–Crippen LogP) is 4.27. The molecule has 2 N–H and O–H groups in total. The van der Waals surface area contributed by atoms with Crippen LogP contribution in [0.5, 0.6) is 23.0 Å². The van der Waals surface area contributed by atoms with E-state index in [4.69, 9.17) is 18.9 Å². The maximum Gasteiger partial charge on any atom is 0.203 e. The molecule has 2 aromatic rings. The molecule has 0 radical (unpaired) electrons. The van der Waals surface area contributed by atoms with Crippen molar-refractivity contribution in [3.05, 3.63) is 41.5 Å². The second-order valence-corrected chi connectivity index (χ2v) is 6.35. The number of ether oxygens (including phenoxy) is 4. The minimum atomic E-state index is 0. The zero-order valence-corrected chi connectivity index (χ0v) is 20.8. The summed E-state index contributed by atoms with van der Waals surface area (Å²) in [5.41, 5.74) is 3.09. The van der Waals surface area contributed by atoms with Crippen LogP contribution in [-0.2, 0) is 6.42 Å². The number of halogens is 1. The van der Waals surface area contributed by atoms with Gasteiger partial charge >= 0.3 is 0 Å². The highest BCUT2D eigenvalue weighted by atomic mass is 127. The van der Waals surface area contributed by atoms with Crippen molar-refractivity contribution in [2.75, 3.05) is 46.8 Å². The van der Waals surface area contributed by atoms with Gasteiger partial charge in [0.1, 0.15) is 5.75 Å². The number of hydrogen-bond acceptors (Lipinski definition) is 5. The normalized spacial score (nSPS) is 10.7. The quantitative estimate of drug-likeness (QED) is 0.287. The molecule has 0 saturated carbocycles. The fourth-order valence-corrected chi connectivity index (χ4v) is 2.91. The molecule has 0 spiro atoms. The third-order valence-electron chi connectivity index (χ3n) is 4.41. The number of hydrogen-bond donors (Lipinski definition) is 2. The Bertz CT molecular complexity index is 818. The van der Waals surface area contributed by atoms with E-state index in [9.17, 15) is 0 Å². The van der Waals surface area contributed by atoms with E-state index in [2.05, 4.69) is 33.8 Å². The van der Waals surface area contributed by atoms with E-state index in [1.165, 1.54) is 5.56 Å². The van der Waals surface area contributed by atoms with Gasteiger partial charge in [0.05, 0.1) is 28.4 Å². The van der Waals surface area contributed by atoms with Crippen molar-refractivity contribution in [1.82, 2.24) is 5.32 Å². The number of nitrogens with zero attached hydrogens (tertiary/aromatic N) is 1. The molecule has 30 heavy (non-hydrogen) atoms. The lowest BCUT2D eigenvalue weighted by molar-refractivity contribution is 0.324.